The summed E-state index contributed by atoms with van der Waals surface area (Å²) in [5.74, 6) is 1.34. The number of pyridine rings is 1. The minimum Gasteiger partial charge on any atom is -0.478 e. The van der Waals surface area contributed by atoms with Crippen LogP contribution in [0.4, 0.5) is 5.69 Å². The molecule has 1 atom stereocenters. The lowest BCUT2D eigenvalue weighted by atomic mass is 10.3. The van der Waals surface area contributed by atoms with Crippen LogP contribution < -0.4 is 19.1 Å². The first kappa shape index (κ1) is 21.0. The summed E-state index contributed by atoms with van der Waals surface area (Å²) in [5, 5.41) is 0. The fraction of sp³-hybridized carbons (Fsp3) is 0.478. The lowest BCUT2D eigenvalue weighted by Crippen LogP contribution is -2.32. The Morgan fingerprint density at radius 3 is 2.45 bits per heavy atom. The van der Waals surface area contributed by atoms with Gasteiger partial charge in [-0.05, 0) is 31.0 Å². The van der Waals surface area contributed by atoms with Gasteiger partial charge in [0.1, 0.15) is 0 Å². The van der Waals surface area contributed by atoms with Crippen LogP contribution in [-0.4, -0.2) is 36.8 Å². The van der Waals surface area contributed by atoms with Crippen LogP contribution in [0.1, 0.15) is 46.0 Å². The molecule has 6 nitrogen and oxygen atoms in total. The highest BCUT2D eigenvalue weighted by atomic mass is 16.5. The van der Waals surface area contributed by atoms with Gasteiger partial charge in [0, 0.05) is 24.7 Å². The number of nitrogens with zero attached hydrogens (tertiary/aromatic N) is 2. The maximum absolute atomic E-state index is 12.8. The van der Waals surface area contributed by atoms with Gasteiger partial charge >= 0.3 is 0 Å². The molecule has 1 aromatic carbocycles. The number of aromatic nitrogens is 1. The summed E-state index contributed by atoms with van der Waals surface area (Å²) < 4.78 is 17.6. The summed E-state index contributed by atoms with van der Waals surface area (Å²) in [6.45, 7) is 6.02. The number of anilines is 1. The molecule has 0 aliphatic carbocycles. The molecule has 0 radical (unpaired) electrons. The van der Waals surface area contributed by atoms with Gasteiger partial charge in [0.2, 0.25) is 5.88 Å². The fourth-order valence-corrected chi connectivity index (χ4v) is 3.10. The summed E-state index contributed by atoms with van der Waals surface area (Å²) in [6, 6.07) is 13.2. The number of para-hydroxylation sites is 1. The van der Waals surface area contributed by atoms with Crippen molar-refractivity contribution in [2.45, 2.75) is 52.1 Å². The van der Waals surface area contributed by atoms with Crippen molar-refractivity contribution in [2.75, 3.05) is 24.7 Å². The molecule has 1 fully saturated rings. The first-order valence-corrected chi connectivity index (χ1v) is 10.5. The summed E-state index contributed by atoms with van der Waals surface area (Å²) in [5.41, 5.74) is 0.890. The molecule has 2 heterocycles. The topological polar surface area (TPSA) is 60.9 Å². The number of benzene rings is 1. The summed E-state index contributed by atoms with van der Waals surface area (Å²) in [7, 11) is 0. The van der Waals surface area contributed by atoms with E-state index in [0.717, 1.165) is 31.4 Å². The van der Waals surface area contributed by atoms with Crippen LogP contribution >= 0.6 is 0 Å². The SMILES string of the molecule is CCCCOc1ccc(OC2CCN(c3ccccc3)C2=O)c(OCCCC)n1. The van der Waals surface area contributed by atoms with Gasteiger partial charge < -0.3 is 19.1 Å². The zero-order chi connectivity index (χ0) is 20.5. The van der Waals surface area contributed by atoms with E-state index in [-0.39, 0.29) is 5.91 Å². The smallest absolute Gasteiger partial charge is 0.268 e. The van der Waals surface area contributed by atoms with Crippen LogP contribution in [0.25, 0.3) is 0 Å². The second kappa shape index (κ2) is 10.7. The Kier molecular flexibility index (Phi) is 7.73. The van der Waals surface area contributed by atoms with E-state index in [0.29, 0.717) is 43.7 Å². The molecule has 1 aliphatic rings. The van der Waals surface area contributed by atoms with E-state index in [9.17, 15) is 4.79 Å². The lowest BCUT2D eigenvalue weighted by Gasteiger charge is -2.18. The second-order valence-electron chi connectivity index (χ2n) is 7.08. The molecule has 1 aliphatic heterocycles. The van der Waals surface area contributed by atoms with E-state index in [1.807, 2.05) is 30.3 Å². The Bertz CT molecular complexity index is 782. The highest BCUT2D eigenvalue weighted by Crippen LogP contribution is 2.31. The summed E-state index contributed by atoms with van der Waals surface area (Å²) in [4.78, 5) is 19.1. The number of hydrogen-bond acceptors (Lipinski definition) is 5. The number of ether oxygens (including phenoxy) is 3. The molecular weight excluding hydrogens is 368 g/mol. The molecule has 0 N–H and O–H groups in total. The molecule has 1 amide bonds. The van der Waals surface area contributed by atoms with Gasteiger partial charge in [-0.3, -0.25) is 4.79 Å². The number of amides is 1. The third kappa shape index (κ3) is 5.62. The van der Waals surface area contributed by atoms with E-state index in [4.69, 9.17) is 14.2 Å². The summed E-state index contributed by atoms with van der Waals surface area (Å²) in [6.07, 6.45) is 4.05. The monoisotopic (exact) mass is 398 g/mol. The number of unbranched alkanes of at least 4 members (excludes halogenated alkanes) is 2. The Morgan fingerprint density at radius 2 is 1.72 bits per heavy atom. The number of carbonyl (C=O) groups excluding carboxylic acids is 1. The van der Waals surface area contributed by atoms with Gasteiger partial charge in [0.15, 0.2) is 11.9 Å². The average Bonchev–Trinajstić information content (AvgIpc) is 3.11. The molecule has 0 spiro atoms. The standard InChI is InChI=1S/C23H30N2O4/c1-3-5-16-27-21-13-12-19(22(24-21)28-17-6-4-2)29-20-14-15-25(23(20)26)18-10-8-7-9-11-18/h7-13,20H,3-6,14-17H2,1-2H3. The van der Waals surface area contributed by atoms with Gasteiger partial charge in [-0.15, -0.1) is 0 Å². The molecule has 6 heteroatoms. The molecule has 0 saturated carbocycles. The number of carbonyl (C=O) groups is 1. The normalized spacial score (nSPS) is 16.1. The van der Waals surface area contributed by atoms with Crippen LogP contribution in [0, 0.1) is 0 Å². The van der Waals surface area contributed by atoms with Gasteiger partial charge in [-0.25, -0.2) is 0 Å². The van der Waals surface area contributed by atoms with E-state index < -0.39 is 6.10 Å². The van der Waals surface area contributed by atoms with Crippen LogP contribution in [0.15, 0.2) is 42.5 Å². The number of rotatable bonds is 11. The molecule has 29 heavy (non-hydrogen) atoms. The minimum absolute atomic E-state index is 0.0426. The molecule has 1 saturated heterocycles. The van der Waals surface area contributed by atoms with E-state index in [2.05, 4.69) is 18.8 Å². The molecule has 3 rings (SSSR count). The predicted molar refractivity (Wildman–Crippen MR) is 113 cm³/mol. The largest absolute Gasteiger partial charge is 0.478 e. The lowest BCUT2D eigenvalue weighted by molar-refractivity contribution is -0.122. The van der Waals surface area contributed by atoms with Crippen molar-refractivity contribution in [1.29, 1.82) is 0 Å². The highest BCUT2D eigenvalue weighted by Gasteiger charge is 2.35. The zero-order valence-electron chi connectivity index (χ0n) is 17.3. The first-order chi connectivity index (χ1) is 14.2. The third-order valence-electron chi connectivity index (χ3n) is 4.78. The second-order valence-corrected chi connectivity index (χ2v) is 7.08. The average molecular weight is 399 g/mol. The van der Waals surface area contributed by atoms with Crippen molar-refractivity contribution in [1.82, 2.24) is 4.98 Å². The molecule has 156 valence electrons. The fourth-order valence-electron chi connectivity index (χ4n) is 3.10. The van der Waals surface area contributed by atoms with Crippen LogP contribution in [0.3, 0.4) is 0 Å². The van der Waals surface area contributed by atoms with Crippen molar-refractivity contribution >= 4 is 11.6 Å². The van der Waals surface area contributed by atoms with Gasteiger partial charge in [-0.2, -0.15) is 4.98 Å². The number of hydrogen-bond donors (Lipinski definition) is 0. The maximum atomic E-state index is 12.8. The van der Waals surface area contributed by atoms with Crippen molar-refractivity contribution in [2.24, 2.45) is 0 Å². The quantitative estimate of drug-likeness (QED) is 0.517. The van der Waals surface area contributed by atoms with E-state index in [1.54, 1.807) is 17.0 Å². The van der Waals surface area contributed by atoms with Crippen molar-refractivity contribution < 1.29 is 19.0 Å². The predicted octanol–water partition coefficient (Wildman–Crippen LogP) is 4.62. The van der Waals surface area contributed by atoms with Crippen molar-refractivity contribution in [3.63, 3.8) is 0 Å². The third-order valence-corrected chi connectivity index (χ3v) is 4.78. The summed E-state index contributed by atoms with van der Waals surface area (Å²) >= 11 is 0. The molecule has 2 aromatic rings. The molecule has 0 bridgehead atoms. The highest BCUT2D eigenvalue weighted by molar-refractivity contribution is 5.99. The Morgan fingerprint density at radius 1 is 1.00 bits per heavy atom. The minimum atomic E-state index is -0.544. The zero-order valence-corrected chi connectivity index (χ0v) is 17.3. The van der Waals surface area contributed by atoms with Crippen molar-refractivity contribution in [3.8, 4) is 17.5 Å². The molecular formula is C23H30N2O4. The van der Waals surface area contributed by atoms with Crippen molar-refractivity contribution in [3.05, 3.63) is 42.5 Å². The van der Waals surface area contributed by atoms with Gasteiger partial charge in [0.05, 0.1) is 13.2 Å². The van der Waals surface area contributed by atoms with Crippen LogP contribution in [-0.2, 0) is 4.79 Å². The van der Waals surface area contributed by atoms with Gasteiger partial charge in [0.25, 0.3) is 11.8 Å². The van der Waals surface area contributed by atoms with E-state index in [1.165, 1.54) is 0 Å². The van der Waals surface area contributed by atoms with Crippen LogP contribution in [0.5, 0.6) is 17.5 Å². The Hall–Kier alpha value is -2.76. The Labute approximate surface area is 172 Å². The Balaban J connectivity index is 1.70. The molecule has 1 unspecified atom stereocenters. The van der Waals surface area contributed by atoms with Gasteiger partial charge in [-0.1, -0.05) is 44.9 Å². The maximum Gasteiger partial charge on any atom is 0.268 e. The van der Waals surface area contributed by atoms with Crippen LogP contribution in [0.2, 0.25) is 0 Å². The first-order valence-electron chi connectivity index (χ1n) is 10.5. The molecule has 1 aromatic heterocycles. The van der Waals surface area contributed by atoms with E-state index >= 15 is 0 Å².